The molecular formula is C27H45N3O4. The molecule has 2 N–H and O–H groups in total. The van der Waals surface area contributed by atoms with E-state index in [0.29, 0.717) is 6.54 Å². The summed E-state index contributed by atoms with van der Waals surface area (Å²) < 4.78 is 5.32. The van der Waals surface area contributed by atoms with Crippen LogP contribution in [0.4, 0.5) is 4.79 Å². The van der Waals surface area contributed by atoms with Gasteiger partial charge in [-0.05, 0) is 53.5 Å². The van der Waals surface area contributed by atoms with Gasteiger partial charge < -0.3 is 20.3 Å². The molecule has 0 aliphatic rings. The maximum absolute atomic E-state index is 13.6. The van der Waals surface area contributed by atoms with Crippen LogP contribution < -0.4 is 10.6 Å². The van der Waals surface area contributed by atoms with Crippen LogP contribution in [0.3, 0.4) is 0 Å². The number of hydrogen-bond acceptors (Lipinski definition) is 4. The Morgan fingerprint density at radius 3 is 2.06 bits per heavy atom. The summed E-state index contributed by atoms with van der Waals surface area (Å²) in [5.41, 5.74) is 0.0684. The fraction of sp³-hybridized carbons (Fsp3) is 0.667. The fourth-order valence-electron chi connectivity index (χ4n) is 3.70. The van der Waals surface area contributed by atoms with Crippen LogP contribution in [0.2, 0.25) is 0 Å². The summed E-state index contributed by atoms with van der Waals surface area (Å²) in [6.07, 6.45) is 5.73. The van der Waals surface area contributed by atoms with Crippen molar-refractivity contribution < 1.29 is 19.1 Å². The van der Waals surface area contributed by atoms with E-state index in [1.54, 1.807) is 32.6 Å². The SMILES string of the molecule is CCCCCCCCN(C(=O)C(C)NC(=O)OC(C)(C)C)C(C(=O)NC(C)C)c1ccccc1. The number of alkyl carbamates (subject to hydrolysis) is 1. The number of nitrogens with zero attached hydrogens (tertiary/aromatic N) is 1. The van der Waals surface area contributed by atoms with E-state index < -0.39 is 23.8 Å². The Morgan fingerprint density at radius 1 is 0.912 bits per heavy atom. The normalized spacial score (nSPS) is 13.2. The van der Waals surface area contributed by atoms with Crippen molar-refractivity contribution in [2.75, 3.05) is 6.54 Å². The monoisotopic (exact) mass is 475 g/mol. The quantitative estimate of drug-likeness (QED) is 0.376. The number of carbonyl (C=O) groups is 3. The van der Waals surface area contributed by atoms with E-state index in [2.05, 4.69) is 17.6 Å². The number of benzene rings is 1. The van der Waals surface area contributed by atoms with Crippen LogP contribution in [0, 0.1) is 0 Å². The van der Waals surface area contributed by atoms with Gasteiger partial charge in [0.2, 0.25) is 11.8 Å². The zero-order valence-corrected chi connectivity index (χ0v) is 22.1. The number of ether oxygens (including phenoxy) is 1. The molecule has 1 aromatic rings. The fourth-order valence-corrected chi connectivity index (χ4v) is 3.70. The number of hydrogen-bond donors (Lipinski definition) is 2. The zero-order valence-electron chi connectivity index (χ0n) is 22.1. The summed E-state index contributed by atoms with van der Waals surface area (Å²) in [6, 6.07) is 7.63. The summed E-state index contributed by atoms with van der Waals surface area (Å²) in [7, 11) is 0. The number of nitrogens with one attached hydrogen (secondary N) is 2. The third-order valence-electron chi connectivity index (χ3n) is 5.25. The first kappa shape index (κ1) is 29.5. The topological polar surface area (TPSA) is 87.7 Å². The molecule has 2 atom stereocenters. The van der Waals surface area contributed by atoms with Gasteiger partial charge in [-0.15, -0.1) is 0 Å². The number of amides is 3. The third kappa shape index (κ3) is 11.0. The highest BCUT2D eigenvalue weighted by Gasteiger charge is 2.34. The number of rotatable bonds is 13. The first-order valence-corrected chi connectivity index (χ1v) is 12.6. The van der Waals surface area contributed by atoms with Gasteiger partial charge in [0.1, 0.15) is 17.7 Å². The van der Waals surface area contributed by atoms with Crippen molar-refractivity contribution in [3.63, 3.8) is 0 Å². The minimum Gasteiger partial charge on any atom is -0.444 e. The molecule has 34 heavy (non-hydrogen) atoms. The van der Waals surface area contributed by atoms with Crippen molar-refractivity contribution in [1.82, 2.24) is 15.5 Å². The summed E-state index contributed by atoms with van der Waals surface area (Å²) in [4.78, 5) is 40.8. The van der Waals surface area contributed by atoms with Crippen LogP contribution in [-0.4, -0.2) is 47.0 Å². The van der Waals surface area contributed by atoms with Crippen molar-refractivity contribution in [2.24, 2.45) is 0 Å². The standard InChI is InChI=1S/C27H45N3O4/c1-8-9-10-11-12-16-19-30(25(32)21(4)29-26(33)34-27(5,6)7)23(24(31)28-20(2)3)22-17-14-13-15-18-22/h13-15,17-18,20-21,23H,8-12,16,19H2,1-7H3,(H,28,31)(H,29,33). The highest BCUT2D eigenvalue weighted by molar-refractivity contribution is 5.92. The molecular weight excluding hydrogens is 430 g/mol. The molecule has 1 aromatic carbocycles. The van der Waals surface area contributed by atoms with Gasteiger partial charge in [-0.25, -0.2) is 4.79 Å². The van der Waals surface area contributed by atoms with Gasteiger partial charge in [0, 0.05) is 12.6 Å². The minimum absolute atomic E-state index is 0.0676. The van der Waals surface area contributed by atoms with Crippen LogP contribution in [0.15, 0.2) is 30.3 Å². The van der Waals surface area contributed by atoms with Gasteiger partial charge in [-0.1, -0.05) is 69.4 Å². The van der Waals surface area contributed by atoms with Crippen LogP contribution in [-0.2, 0) is 14.3 Å². The minimum atomic E-state index is -0.840. The smallest absolute Gasteiger partial charge is 0.408 e. The van der Waals surface area contributed by atoms with Crippen LogP contribution in [0.1, 0.15) is 98.6 Å². The maximum atomic E-state index is 13.6. The summed E-state index contributed by atoms with van der Waals surface area (Å²) in [5, 5.41) is 5.60. The third-order valence-corrected chi connectivity index (χ3v) is 5.25. The molecule has 2 unspecified atom stereocenters. The Balaban J connectivity index is 3.14. The highest BCUT2D eigenvalue weighted by atomic mass is 16.6. The lowest BCUT2D eigenvalue weighted by Crippen LogP contribution is -2.52. The molecule has 0 radical (unpaired) electrons. The summed E-state index contributed by atoms with van der Waals surface area (Å²) in [5.74, 6) is -0.544. The van der Waals surface area contributed by atoms with Crippen LogP contribution in [0.5, 0.6) is 0 Å². The van der Waals surface area contributed by atoms with E-state index in [9.17, 15) is 14.4 Å². The first-order chi connectivity index (χ1) is 16.0. The molecule has 0 saturated carbocycles. The molecule has 7 nitrogen and oxygen atoms in total. The molecule has 0 fully saturated rings. The molecule has 0 aliphatic heterocycles. The molecule has 0 saturated heterocycles. The Hall–Kier alpha value is -2.57. The van der Waals surface area contributed by atoms with E-state index in [-0.39, 0.29) is 17.9 Å². The predicted octanol–water partition coefficient (Wildman–Crippen LogP) is 5.35. The second-order valence-electron chi connectivity index (χ2n) is 10.1. The lowest BCUT2D eigenvalue weighted by molar-refractivity contribution is -0.142. The second kappa shape index (κ2) is 14.6. The van der Waals surface area contributed by atoms with E-state index >= 15 is 0 Å². The van der Waals surface area contributed by atoms with E-state index in [1.165, 1.54) is 12.8 Å². The molecule has 0 aliphatic carbocycles. The summed E-state index contributed by atoms with van der Waals surface area (Å²) >= 11 is 0. The first-order valence-electron chi connectivity index (χ1n) is 12.6. The lowest BCUT2D eigenvalue weighted by Gasteiger charge is -2.34. The van der Waals surface area contributed by atoms with E-state index in [1.807, 2.05) is 44.2 Å². The number of carbonyl (C=O) groups excluding carboxylic acids is 3. The Labute approximate surface area is 206 Å². The van der Waals surface area contributed by atoms with Gasteiger partial charge in [0.25, 0.3) is 0 Å². The van der Waals surface area contributed by atoms with Crippen molar-refractivity contribution >= 4 is 17.9 Å². The summed E-state index contributed by atoms with van der Waals surface area (Å²) in [6.45, 7) is 13.3. The van der Waals surface area contributed by atoms with Gasteiger partial charge in [-0.3, -0.25) is 9.59 Å². The molecule has 0 spiro atoms. The van der Waals surface area contributed by atoms with Crippen molar-refractivity contribution in [3.05, 3.63) is 35.9 Å². The Bertz CT molecular complexity index is 759. The van der Waals surface area contributed by atoms with Gasteiger partial charge in [0.05, 0.1) is 0 Å². The average Bonchev–Trinajstić information content (AvgIpc) is 2.73. The Morgan fingerprint density at radius 2 is 1.50 bits per heavy atom. The average molecular weight is 476 g/mol. The molecule has 7 heteroatoms. The van der Waals surface area contributed by atoms with Crippen LogP contribution >= 0.6 is 0 Å². The highest BCUT2D eigenvalue weighted by Crippen LogP contribution is 2.24. The van der Waals surface area contributed by atoms with Crippen molar-refractivity contribution in [3.8, 4) is 0 Å². The second-order valence-corrected chi connectivity index (χ2v) is 10.1. The number of unbranched alkanes of at least 4 members (excludes halogenated alkanes) is 5. The van der Waals surface area contributed by atoms with Gasteiger partial charge in [0.15, 0.2) is 0 Å². The van der Waals surface area contributed by atoms with Gasteiger partial charge in [-0.2, -0.15) is 0 Å². The molecule has 3 amide bonds. The maximum Gasteiger partial charge on any atom is 0.408 e. The zero-order chi connectivity index (χ0) is 25.7. The van der Waals surface area contributed by atoms with Gasteiger partial charge >= 0.3 is 6.09 Å². The molecule has 0 aromatic heterocycles. The largest absolute Gasteiger partial charge is 0.444 e. The van der Waals surface area contributed by atoms with Crippen LogP contribution in [0.25, 0.3) is 0 Å². The van der Waals surface area contributed by atoms with E-state index in [4.69, 9.17) is 4.74 Å². The van der Waals surface area contributed by atoms with Crippen molar-refractivity contribution in [2.45, 2.75) is 111 Å². The Kier molecular flexibility index (Phi) is 12.7. The molecule has 192 valence electrons. The molecule has 0 heterocycles. The van der Waals surface area contributed by atoms with Crippen molar-refractivity contribution in [1.29, 1.82) is 0 Å². The van der Waals surface area contributed by atoms with E-state index in [0.717, 1.165) is 31.2 Å². The lowest BCUT2D eigenvalue weighted by atomic mass is 10.0. The molecule has 1 rings (SSSR count). The predicted molar refractivity (Wildman–Crippen MR) is 136 cm³/mol. The molecule has 0 bridgehead atoms.